The molecule has 0 aliphatic carbocycles. The molecular weight excluding hydrogens is 421 g/mol. The third kappa shape index (κ3) is 7.21. The lowest BCUT2D eigenvalue weighted by atomic mass is 10.1. The number of hydrogen-bond acceptors (Lipinski definition) is 4. The molecule has 0 spiro atoms. The molecule has 0 aromatic heterocycles. The molecule has 2 fully saturated rings. The summed E-state index contributed by atoms with van der Waals surface area (Å²) in [6, 6.07) is 7.20. The van der Waals surface area contributed by atoms with Gasteiger partial charge in [-0.25, -0.2) is 4.79 Å². The number of carbonyl (C=O) groups is 1. The summed E-state index contributed by atoms with van der Waals surface area (Å²) in [7, 11) is 0. The van der Waals surface area contributed by atoms with Gasteiger partial charge in [0, 0.05) is 45.8 Å². The van der Waals surface area contributed by atoms with Gasteiger partial charge in [-0.3, -0.25) is 9.80 Å². The van der Waals surface area contributed by atoms with Crippen LogP contribution in [0.4, 0.5) is 18.0 Å². The Labute approximate surface area is 179 Å². The minimum absolute atomic E-state index is 0.0690. The minimum Gasteiger partial charge on any atom is -0.491 e. The molecule has 1 N–H and O–H groups in total. The summed E-state index contributed by atoms with van der Waals surface area (Å²) < 4.78 is 43.1. The first-order valence-corrected chi connectivity index (χ1v) is 10.6. The van der Waals surface area contributed by atoms with Crippen LogP contribution >= 0.6 is 11.6 Å². The third-order valence-electron chi connectivity index (χ3n) is 5.48. The Morgan fingerprint density at radius 1 is 1.13 bits per heavy atom. The monoisotopic (exact) mass is 448 g/mol. The summed E-state index contributed by atoms with van der Waals surface area (Å²) in [5.41, 5.74) is 0. The largest absolute Gasteiger partial charge is 0.491 e. The van der Waals surface area contributed by atoms with Crippen LogP contribution in [-0.2, 0) is 0 Å². The highest BCUT2D eigenvalue weighted by Gasteiger charge is 2.34. The highest BCUT2D eigenvalue weighted by molar-refractivity contribution is 6.32. The van der Waals surface area contributed by atoms with E-state index in [-0.39, 0.29) is 11.9 Å². The number of piperazine rings is 1. The Kier molecular flexibility index (Phi) is 8.07. The van der Waals surface area contributed by atoms with E-state index in [4.69, 9.17) is 16.3 Å². The number of nitrogens with zero attached hydrogens (tertiary/aromatic N) is 3. The molecule has 30 heavy (non-hydrogen) atoms. The summed E-state index contributed by atoms with van der Waals surface area (Å²) in [5, 5.41) is 3.47. The predicted molar refractivity (Wildman–Crippen MR) is 109 cm³/mol. The number of rotatable bonds is 7. The molecule has 2 saturated heterocycles. The molecule has 6 nitrogen and oxygen atoms in total. The smallest absolute Gasteiger partial charge is 0.401 e. The maximum absolute atomic E-state index is 12.5. The third-order valence-corrected chi connectivity index (χ3v) is 5.79. The molecule has 0 radical (unpaired) electrons. The number of benzene rings is 1. The number of alkyl halides is 3. The molecule has 1 aromatic carbocycles. The van der Waals surface area contributed by atoms with Gasteiger partial charge in [-0.2, -0.15) is 13.2 Å². The summed E-state index contributed by atoms with van der Waals surface area (Å²) >= 11 is 6.07. The van der Waals surface area contributed by atoms with Crippen molar-refractivity contribution in [1.82, 2.24) is 20.0 Å². The molecule has 2 aliphatic heterocycles. The first-order valence-electron chi connectivity index (χ1n) is 10.2. The highest BCUT2D eigenvalue weighted by atomic mass is 35.5. The lowest BCUT2D eigenvalue weighted by Gasteiger charge is -2.34. The van der Waals surface area contributed by atoms with Crippen molar-refractivity contribution in [1.29, 1.82) is 0 Å². The van der Waals surface area contributed by atoms with E-state index in [1.54, 1.807) is 11.0 Å². The maximum Gasteiger partial charge on any atom is 0.401 e. The average molecular weight is 449 g/mol. The van der Waals surface area contributed by atoms with Gasteiger partial charge in [-0.1, -0.05) is 23.7 Å². The standard InChI is InChI=1S/C20H28ClF3N4O2/c21-17-3-1-2-4-18(17)30-12-11-26-7-9-28(10-8-26)19(29)25-13-16-5-6-27(14-16)15-20(22,23)24/h1-4,16H,5-15H2,(H,25,29). The van der Waals surface area contributed by atoms with E-state index in [1.165, 1.54) is 4.90 Å². The Hall–Kier alpha value is -1.71. The molecule has 1 atom stereocenters. The lowest BCUT2D eigenvalue weighted by molar-refractivity contribution is -0.143. The van der Waals surface area contributed by atoms with Gasteiger partial charge >= 0.3 is 12.2 Å². The van der Waals surface area contributed by atoms with E-state index in [0.29, 0.717) is 56.5 Å². The van der Waals surface area contributed by atoms with Gasteiger partial charge in [-0.05, 0) is 31.0 Å². The van der Waals surface area contributed by atoms with Crippen molar-refractivity contribution in [3.05, 3.63) is 29.3 Å². The molecule has 168 valence electrons. The van der Waals surface area contributed by atoms with Crippen molar-refractivity contribution in [2.45, 2.75) is 12.6 Å². The van der Waals surface area contributed by atoms with Crippen molar-refractivity contribution in [3.8, 4) is 5.75 Å². The molecule has 0 bridgehead atoms. The molecule has 0 saturated carbocycles. The second-order valence-corrected chi connectivity index (χ2v) is 8.21. The van der Waals surface area contributed by atoms with Crippen LogP contribution < -0.4 is 10.1 Å². The van der Waals surface area contributed by atoms with Crippen molar-refractivity contribution in [2.75, 3.05) is 65.5 Å². The van der Waals surface area contributed by atoms with Gasteiger partial charge in [0.2, 0.25) is 0 Å². The summed E-state index contributed by atoms with van der Waals surface area (Å²) in [6.07, 6.45) is -3.49. The van der Waals surface area contributed by atoms with Crippen molar-refractivity contribution < 1.29 is 22.7 Å². The highest BCUT2D eigenvalue weighted by Crippen LogP contribution is 2.23. The summed E-state index contributed by atoms with van der Waals surface area (Å²) in [6.45, 7) is 4.34. The van der Waals surface area contributed by atoms with Gasteiger partial charge in [0.15, 0.2) is 0 Å². The van der Waals surface area contributed by atoms with E-state index in [2.05, 4.69) is 10.2 Å². The second kappa shape index (κ2) is 10.5. The molecular formula is C20H28ClF3N4O2. The number of para-hydroxylation sites is 1. The molecule has 2 aliphatic rings. The van der Waals surface area contributed by atoms with Gasteiger partial charge in [0.05, 0.1) is 11.6 Å². The number of urea groups is 1. The fraction of sp³-hybridized carbons (Fsp3) is 0.650. The lowest BCUT2D eigenvalue weighted by Crippen LogP contribution is -2.52. The van der Waals surface area contributed by atoms with Crippen LogP contribution in [0.1, 0.15) is 6.42 Å². The maximum atomic E-state index is 12.5. The number of amides is 2. The number of nitrogens with one attached hydrogen (secondary N) is 1. The Balaban J connectivity index is 1.29. The zero-order chi connectivity index (χ0) is 21.6. The molecule has 2 heterocycles. The fourth-order valence-electron chi connectivity index (χ4n) is 3.84. The van der Waals surface area contributed by atoms with Crippen LogP contribution in [-0.4, -0.2) is 92.4 Å². The molecule has 1 unspecified atom stereocenters. The second-order valence-electron chi connectivity index (χ2n) is 7.80. The number of ether oxygens (including phenoxy) is 1. The zero-order valence-electron chi connectivity index (χ0n) is 16.8. The van der Waals surface area contributed by atoms with Crippen LogP contribution in [0.3, 0.4) is 0 Å². The number of carbonyl (C=O) groups excluding carboxylic acids is 1. The summed E-state index contributed by atoms with van der Waals surface area (Å²) in [5.74, 6) is 0.734. The molecule has 1 aromatic rings. The van der Waals surface area contributed by atoms with Crippen molar-refractivity contribution >= 4 is 17.6 Å². The van der Waals surface area contributed by atoms with E-state index in [9.17, 15) is 18.0 Å². The SMILES string of the molecule is O=C(NCC1CCN(CC(F)(F)F)C1)N1CCN(CCOc2ccccc2Cl)CC1. The number of halogens is 4. The first-order chi connectivity index (χ1) is 14.3. The Morgan fingerprint density at radius 2 is 1.87 bits per heavy atom. The van der Waals surface area contributed by atoms with Crippen LogP contribution in [0.25, 0.3) is 0 Å². The predicted octanol–water partition coefficient (Wildman–Crippen LogP) is 2.93. The van der Waals surface area contributed by atoms with Gasteiger partial charge in [-0.15, -0.1) is 0 Å². The molecule has 10 heteroatoms. The quantitative estimate of drug-likeness (QED) is 0.696. The number of likely N-dealkylation sites (tertiary alicyclic amines) is 1. The topological polar surface area (TPSA) is 48.1 Å². The first kappa shape index (κ1) is 23.0. The minimum atomic E-state index is -4.17. The van der Waals surface area contributed by atoms with E-state index < -0.39 is 12.7 Å². The van der Waals surface area contributed by atoms with Crippen LogP contribution in [0.5, 0.6) is 5.75 Å². The Morgan fingerprint density at radius 3 is 2.57 bits per heavy atom. The van der Waals surface area contributed by atoms with Gasteiger partial charge in [0.25, 0.3) is 0 Å². The molecule has 2 amide bonds. The van der Waals surface area contributed by atoms with Gasteiger partial charge < -0.3 is 15.0 Å². The zero-order valence-corrected chi connectivity index (χ0v) is 17.6. The summed E-state index contributed by atoms with van der Waals surface area (Å²) in [4.78, 5) is 17.8. The normalized spacial score (nSPS) is 21.1. The van der Waals surface area contributed by atoms with E-state index in [1.807, 2.05) is 18.2 Å². The average Bonchev–Trinajstić information content (AvgIpc) is 3.13. The fourth-order valence-corrected chi connectivity index (χ4v) is 4.03. The molecule has 3 rings (SSSR count). The number of hydrogen-bond donors (Lipinski definition) is 1. The van der Waals surface area contributed by atoms with Gasteiger partial charge in [0.1, 0.15) is 12.4 Å². The van der Waals surface area contributed by atoms with Crippen LogP contribution in [0.15, 0.2) is 24.3 Å². The van der Waals surface area contributed by atoms with Crippen molar-refractivity contribution in [3.63, 3.8) is 0 Å². The Bertz CT molecular complexity index is 699. The van der Waals surface area contributed by atoms with Crippen LogP contribution in [0.2, 0.25) is 5.02 Å². The van der Waals surface area contributed by atoms with Crippen LogP contribution in [0, 0.1) is 5.92 Å². The van der Waals surface area contributed by atoms with E-state index >= 15 is 0 Å². The van der Waals surface area contributed by atoms with Crippen molar-refractivity contribution in [2.24, 2.45) is 5.92 Å². The van der Waals surface area contributed by atoms with E-state index in [0.717, 1.165) is 19.6 Å².